The van der Waals surface area contributed by atoms with Gasteiger partial charge in [-0.15, -0.1) is 0 Å². The zero-order valence-corrected chi connectivity index (χ0v) is 19.8. The van der Waals surface area contributed by atoms with E-state index in [9.17, 15) is 4.79 Å². The van der Waals surface area contributed by atoms with Gasteiger partial charge in [0.1, 0.15) is 18.0 Å². The number of carbonyl (C=O) groups excluding carboxylic acids is 1. The van der Waals surface area contributed by atoms with Crippen LogP contribution in [0.25, 0.3) is 11.7 Å². The third kappa shape index (κ3) is 4.99. The molecule has 0 N–H and O–H groups in total. The van der Waals surface area contributed by atoms with Crippen molar-refractivity contribution in [2.45, 2.75) is 19.6 Å². The molecule has 0 aliphatic carbocycles. The third-order valence-corrected chi connectivity index (χ3v) is 6.13. The highest BCUT2D eigenvalue weighted by Crippen LogP contribution is 2.33. The number of nitrogens with zero attached hydrogens (tertiary/aromatic N) is 3. The van der Waals surface area contributed by atoms with Crippen LogP contribution in [-0.2, 0) is 24.4 Å². The summed E-state index contributed by atoms with van der Waals surface area (Å²) in [5, 5.41) is 0. The second kappa shape index (κ2) is 9.93. The van der Waals surface area contributed by atoms with Gasteiger partial charge < -0.3 is 23.5 Å². The second-order valence-corrected chi connectivity index (χ2v) is 8.38. The Morgan fingerprint density at radius 1 is 1.03 bits per heavy atom. The van der Waals surface area contributed by atoms with Gasteiger partial charge in [-0.25, -0.2) is 4.98 Å². The van der Waals surface area contributed by atoms with E-state index >= 15 is 0 Å². The van der Waals surface area contributed by atoms with Gasteiger partial charge in [0, 0.05) is 31.6 Å². The number of pyridine rings is 1. The normalized spacial score (nSPS) is 13.1. The largest absolute Gasteiger partial charge is 0.493 e. The summed E-state index contributed by atoms with van der Waals surface area (Å²) in [4.78, 5) is 19.2. The minimum atomic E-state index is -0.0161. The Morgan fingerprint density at radius 2 is 1.80 bits per heavy atom. The molecule has 0 bridgehead atoms. The maximum atomic E-state index is 12.8. The van der Waals surface area contributed by atoms with Crippen LogP contribution in [-0.4, -0.2) is 41.0 Å². The van der Waals surface area contributed by atoms with Crippen molar-refractivity contribution < 1.29 is 19.0 Å². The molecule has 0 fully saturated rings. The van der Waals surface area contributed by atoms with Crippen molar-refractivity contribution in [3.8, 4) is 17.2 Å². The van der Waals surface area contributed by atoms with Crippen LogP contribution in [0, 0.1) is 0 Å². The first-order valence-corrected chi connectivity index (χ1v) is 11.5. The molecule has 2 aromatic carbocycles. The lowest BCUT2D eigenvalue weighted by Crippen LogP contribution is -2.34. The monoisotopic (exact) mass is 469 g/mol. The van der Waals surface area contributed by atoms with Gasteiger partial charge in [-0.05, 0) is 65.6 Å². The number of carbonyl (C=O) groups is 1. The Morgan fingerprint density at radius 3 is 2.54 bits per heavy atom. The number of ether oxygens (including phenoxy) is 3. The summed E-state index contributed by atoms with van der Waals surface area (Å²) in [6.07, 6.45) is 8.17. The van der Waals surface area contributed by atoms with E-state index in [0.717, 1.165) is 40.4 Å². The average molecular weight is 470 g/mol. The molecule has 178 valence electrons. The van der Waals surface area contributed by atoms with Crippen molar-refractivity contribution in [1.82, 2.24) is 14.3 Å². The van der Waals surface area contributed by atoms with Crippen LogP contribution in [0.5, 0.6) is 17.2 Å². The average Bonchev–Trinajstić information content (AvgIpc) is 3.33. The molecule has 3 heterocycles. The number of hydrogen-bond donors (Lipinski definition) is 0. The fourth-order valence-corrected chi connectivity index (χ4v) is 4.23. The summed E-state index contributed by atoms with van der Waals surface area (Å²) in [6.45, 7) is 1.61. The molecule has 5 rings (SSSR count). The van der Waals surface area contributed by atoms with Crippen LogP contribution in [0.15, 0.2) is 73.1 Å². The summed E-state index contributed by atoms with van der Waals surface area (Å²) in [7, 11) is 3.25. The van der Waals surface area contributed by atoms with Gasteiger partial charge in [-0.1, -0.05) is 18.2 Å². The fraction of sp³-hybridized carbons (Fsp3) is 0.214. The first kappa shape index (κ1) is 22.5. The summed E-state index contributed by atoms with van der Waals surface area (Å²) >= 11 is 0. The highest BCUT2D eigenvalue weighted by Gasteiger charge is 2.21. The van der Waals surface area contributed by atoms with Crippen LogP contribution in [0.2, 0.25) is 0 Å². The van der Waals surface area contributed by atoms with Crippen LogP contribution in [0.3, 0.4) is 0 Å². The standard InChI is InChI=1S/C28H27N3O4/c1-33-25-15-21-12-14-31(17-22(21)16-26(25)34-2)28(32)11-8-20-6-9-24(10-7-20)35-19-23-18-30-13-4-3-5-27(30)29-23/h3-11,13,15-16,18H,12,14,17,19H2,1-2H3. The predicted octanol–water partition coefficient (Wildman–Crippen LogP) is 4.53. The molecular weight excluding hydrogens is 442 g/mol. The number of rotatable bonds is 7. The molecule has 7 heteroatoms. The quantitative estimate of drug-likeness (QED) is 0.372. The van der Waals surface area contributed by atoms with Gasteiger partial charge in [0.05, 0.1) is 19.9 Å². The Labute approximate surface area is 204 Å². The Hall–Kier alpha value is -4.26. The molecule has 0 saturated heterocycles. The van der Waals surface area contributed by atoms with E-state index in [-0.39, 0.29) is 5.91 Å². The molecule has 0 unspecified atom stereocenters. The van der Waals surface area contributed by atoms with Crippen LogP contribution in [0.1, 0.15) is 22.4 Å². The molecule has 2 aromatic heterocycles. The van der Waals surface area contributed by atoms with Crippen LogP contribution >= 0.6 is 0 Å². The van der Waals surface area contributed by atoms with Gasteiger partial charge in [0.25, 0.3) is 0 Å². The van der Waals surface area contributed by atoms with Crippen molar-refractivity contribution in [3.63, 3.8) is 0 Å². The lowest BCUT2D eigenvalue weighted by molar-refractivity contribution is -0.126. The topological polar surface area (TPSA) is 65.3 Å². The number of benzene rings is 2. The third-order valence-electron chi connectivity index (χ3n) is 6.13. The zero-order chi connectivity index (χ0) is 24.2. The van der Waals surface area contributed by atoms with E-state index in [0.29, 0.717) is 25.4 Å². The van der Waals surface area contributed by atoms with E-state index < -0.39 is 0 Å². The number of aromatic nitrogens is 2. The van der Waals surface area contributed by atoms with Gasteiger partial charge in [-0.3, -0.25) is 4.79 Å². The van der Waals surface area contributed by atoms with Crippen molar-refractivity contribution in [2.24, 2.45) is 0 Å². The molecule has 4 aromatic rings. The summed E-state index contributed by atoms with van der Waals surface area (Å²) < 4.78 is 18.6. The number of hydrogen-bond acceptors (Lipinski definition) is 5. The first-order chi connectivity index (χ1) is 17.1. The summed E-state index contributed by atoms with van der Waals surface area (Å²) in [6, 6.07) is 17.5. The minimum Gasteiger partial charge on any atom is -0.493 e. The molecule has 35 heavy (non-hydrogen) atoms. The Bertz CT molecular complexity index is 1340. The number of amides is 1. The van der Waals surface area contributed by atoms with Gasteiger partial charge >= 0.3 is 0 Å². The van der Waals surface area contributed by atoms with Gasteiger partial charge in [0.15, 0.2) is 11.5 Å². The Kier molecular flexibility index (Phi) is 6.39. The smallest absolute Gasteiger partial charge is 0.246 e. The zero-order valence-electron chi connectivity index (χ0n) is 19.8. The summed E-state index contributed by atoms with van der Waals surface area (Å²) in [5.74, 6) is 2.14. The van der Waals surface area contributed by atoms with Crippen LogP contribution in [0.4, 0.5) is 0 Å². The second-order valence-electron chi connectivity index (χ2n) is 8.38. The van der Waals surface area contributed by atoms with Gasteiger partial charge in [0.2, 0.25) is 5.91 Å². The molecule has 0 spiro atoms. The predicted molar refractivity (Wildman–Crippen MR) is 134 cm³/mol. The maximum Gasteiger partial charge on any atom is 0.246 e. The Balaban J connectivity index is 1.18. The molecule has 0 atom stereocenters. The molecular formula is C28H27N3O4. The van der Waals surface area contributed by atoms with E-state index in [4.69, 9.17) is 14.2 Å². The number of imidazole rings is 1. The lowest BCUT2D eigenvalue weighted by Gasteiger charge is -2.28. The SMILES string of the molecule is COc1cc2c(cc1OC)CN(C(=O)C=Cc1ccc(OCc3cn4ccccc4n3)cc1)CC2. The number of fused-ring (bicyclic) bond motifs is 2. The maximum absolute atomic E-state index is 12.8. The molecule has 0 saturated carbocycles. The van der Waals surface area contributed by atoms with Crippen molar-refractivity contribution in [1.29, 1.82) is 0 Å². The van der Waals surface area contributed by atoms with E-state index in [2.05, 4.69) is 4.98 Å². The van der Waals surface area contributed by atoms with E-state index in [1.54, 1.807) is 20.3 Å². The molecule has 1 aliphatic rings. The van der Waals surface area contributed by atoms with Crippen molar-refractivity contribution >= 4 is 17.6 Å². The molecule has 1 amide bonds. The highest BCUT2D eigenvalue weighted by atomic mass is 16.5. The minimum absolute atomic E-state index is 0.0161. The fourth-order valence-electron chi connectivity index (χ4n) is 4.23. The van der Waals surface area contributed by atoms with Crippen molar-refractivity contribution in [2.75, 3.05) is 20.8 Å². The lowest BCUT2D eigenvalue weighted by atomic mass is 9.98. The highest BCUT2D eigenvalue weighted by molar-refractivity contribution is 5.92. The van der Waals surface area contributed by atoms with E-state index in [1.165, 1.54) is 5.56 Å². The molecule has 7 nitrogen and oxygen atoms in total. The van der Waals surface area contributed by atoms with Crippen LogP contribution < -0.4 is 14.2 Å². The number of methoxy groups -OCH3 is 2. The molecule has 1 aliphatic heterocycles. The molecule has 0 radical (unpaired) electrons. The first-order valence-electron chi connectivity index (χ1n) is 11.5. The van der Waals surface area contributed by atoms with E-state index in [1.807, 2.05) is 82.4 Å². The van der Waals surface area contributed by atoms with Gasteiger partial charge in [-0.2, -0.15) is 0 Å². The van der Waals surface area contributed by atoms with Crippen molar-refractivity contribution in [3.05, 3.63) is 95.5 Å². The summed E-state index contributed by atoms with van der Waals surface area (Å²) in [5.41, 5.74) is 4.97.